The van der Waals surface area contributed by atoms with E-state index in [0.717, 1.165) is 112 Å². The van der Waals surface area contributed by atoms with Crippen molar-refractivity contribution in [2.24, 2.45) is 11.8 Å². The van der Waals surface area contributed by atoms with Crippen LogP contribution < -0.4 is 76.2 Å². The number of anilines is 4. The summed E-state index contributed by atoms with van der Waals surface area (Å²) in [7, 11) is -5.65. The second kappa shape index (κ2) is 44.7. The number of aromatic nitrogens is 4. The van der Waals surface area contributed by atoms with E-state index in [1.165, 1.54) is 51.9 Å². The molecule has 10 atom stereocenters. The molecular formula is C96H122N16O19S4. The molecule has 3 aliphatic heterocycles. The number of hydrogen-bond acceptors (Lipinski definition) is 29. The van der Waals surface area contributed by atoms with Gasteiger partial charge in [0.05, 0.1) is 60.6 Å². The Bertz CT molecular complexity index is 5870. The van der Waals surface area contributed by atoms with Gasteiger partial charge in [-0.1, -0.05) is 87.8 Å². The van der Waals surface area contributed by atoms with Crippen LogP contribution in [0.25, 0.3) is 44.6 Å². The number of aliphatic carboxylic acids is 1. The van der Waals surface area contributed by atoms with Gasteiger partial charge in [0.2, 0.25) is 17.7 Å². The van der Waals surface area contributed by atoms with Crippen molar-refractivity contribution in [3.8, 4) is 45.8 Å². The number of pyridine rings is 2. The number of carboxylic acid groups (broad SMARTS) is 1. The summed E-state index contributed by atoms with van der Waals surface area (Å²) in [5, 5.41) is 43.6. The number of carboxylic acids is 1. The van der Waals surface area contributed by atoms with E-state index < -0.39 is 127 Å². The number of ether oxygens (including phenoxy) is 6. The van der Waals surface area contributed by atoms with Gasteiger partial charge in [-0.25, -0.2) is 60.6 Å². The van der Waals surface area contributed by atoms with Crippen molar-refractivity contribution in [2.45, 2.75) is 263 Å². The summed E-state index contributed by atoms with van der Waals surface area (Å²) in [5.74, 6) is -3.42. The molecule has 15 rings (SSSR count). The number of carbonyl (C=O) groups is 8. The summed E-state index contributed by atoms with van der Waals surface area (Å²) < 4.78 is 95.3. The number of methoxy groups -OCH3 is 2. The molecule has 0 radical (unpaired) electrons. The van der Waals surface area contributed by atoms with Gasteiger partial charge in [-0.15, -0.1) is 35.8 Å². The normalized spacial score (nSPS) is 22.8. The second-order valence-corrected chi connectivity index (χ2v) is 41.1. The molecule has 7 amide bonds. The Kier molecular flexibility index (Phi) is 32.8. The number of para-hydroxylation sites is 2. The highest BCUT2D eigenvalue weighted by molar-refractivity contribution is 7.90. The lowest BCUT2D eigenvalue weighted by atomic mass is 10.0. The van der Waals surface area contributed by atoms with E-state index in [2.05, 4.69) is 70.5 Å². The van der Waals surface area contributed by atoms with Crippen molar-refractivity contribution in [3.63, 3.8) is 0 Å². The van der Waals surface area contributed by atoms with E-state index in [-0.39, 0.29) is 72.7 Å². The van der Waals surface area contributed by atoms with Gasteiger partial charge in [0.15, 0.2) is 10.3 Å². The van der Waals surface area contributed by atoms with Gasteiger partial charge in [-0.05, 0) is 166 Å². The average molecular weight is 1930 g/mol. The van der Waals surface area contributed by atoms with Crippen molar-refractivity contribution in [3.05, 3.63) is 133 Å². The van der Waals surface area contributed by atoms with Crippen LogP contribution in [0.2, 0.25) is 0 Å². The van der Waals surface area contributed by atoms with Gasteiger partial charge >= 0.3 is 18.2 Å². The zero-order valence-electron chi connectivity index (χ0n) is 76.9. The Balaban J connectivity index is 0.000000216. The maximum absolute atomic E-state index is 15.0. The van der Waals surface area contributed by atoms with Crippen LogP contribution in [0.3, 0.4) is 0 Å². The lowest BCUT2D eigenvalue weighted by Gasteiger charge is -2.30. The third kappa shape index (κ3) is 25.0. The van der Waals surface area contributed by atoms with Gasteiger partial charge in [0, 0.05) is 102 Å². The number of nitrogens with one attached hydrogen (secondary N) is 11. The van der Waals surface area contributed by atoms with Crippen molar-refractivity contribution in [1.29, 1.82) is 0 Å². The third-order valence-corrected chi connectivity index (χ3v) is 29.7. The number of nitrogens with zero attached hydrogens (tertiary/aromatic N) is 5. The number of carbonyl (C=O) groups excluding carboxylic acids is 7. The zero-order valence-corrected chi connectivity index (χ0v) is 80.1. The summed E-state index contributed by atoms with van der Waals surface area (Å²) in [5.41, 5.74) is 1.16. The van der Waals surface area contributed by atoms with E-state index in [1.807, 2.05) is 68.8 Å². The predicted molar refractivity (Wildman–Crippen MR) is 515 cm³/mol. The fourth-order valence-corrected chi connectivity index (χ4v) is 22.1. The monoisotopic (exact) mass is 1930 g/mol. The number of amides is 7. The fraction of sp³-hybridized carbons (Fsp3) is 0.500. The first-order chi connectivity index (χ1) is 64.9. The first-order valence-corrected chi connectivity index (χ1v) is 51.3. The maximum Gasteiger partial charge on any atom is 0.408 e. The highest BCUT2D eigenvalue weighted by Crippen LogP contribution is 2.48. The summed E-state index contributed by atoms with van der Waals surface area (Å²) in [6, 6.07) is 23.6. The zero-order chi connectivity index (χ0) is 95.7. The molecular weight excluding hydrogens is 1810 g/mol. The number of rotatable bonds is 33. The molecule has 4 aliphatic carbocycles. The minimum Gasteiger partial charge on any atom is -0.497 e. The maximum atomic E-state index is 15.0. The molecule has 7 aliphatic rings. The number of hydrogen-bond donors (Lipinski definition) is 12. The van der Waals surface area contributed by atoms with Gasteiger partial charge in [-0.2, -0.15) is 0 Å². The molecule has 0 unspecified atom stereocenters. The van der Waals surface area contributed by atoms with E-state index >= 15 is 0 Å². The van der Waals surface area contributed by atoms with Crippen molar-refractivity contribution >= 4 is 134 Å². The molecule has 135 heavy (non-hydrogen) atoms. The number of fused-ring (bicyclic) bond motifs is 4. The highest BCUT2D eigenvalue weighted by atomic mass is 32.2. The molecule has 8 aromatic rings. The van der Waals surface area contributed by atoms with Crippen LogP contribution in [0.1, 0.15) is 182 Å². The molecule has 2 saturated heterocycles. The Morgan fingerprint density at radius 1 is 0.652 bits per heavy atom. The van der Waals surface area contributed by atoms with Crippen LogP contribution in [-0.2, 0) is 58.3 Å². The molecule has 724 valence electrons. The van der Waals surface area contributed by atoms with Crippen LogP contribution in [0, 0.1) is 11.8 Å². The third-order valence-electron chi connectivity index (χ3n) is 25.4. The molecule has 0 bridgehead atoms. The van der Waals surface area contributed by atoms with Crippen LogP contribution in [0.5, 0.6) is 23.0 Å². The number of alkyl carbamates (subject to hydrolysis) is 2. The van der Waals surface area contributed by atoms with Crippen molar-refractivity contribution < 1.29 is 88.7 Å². The number of benzene rings is 4. The van der Waals surface area contributed by atoms with Gasteiger partial charge in [0.1, 0.15) is 97.8 Å². The first-order valence-electron chi connectivity index (χ1n) is 46.6. The van der Waals surface area contributed by atoms with E-state index in [1.54, 1.807) is 68.8 Å². The van der Waals surface area contributed by atoms with Crippen molar-refractivity contribution in [2.75, 3.05) is 61.7 Å². The lowest BCUT2D eigenvalue weighted by molar-refractivity contribution is -0.141. The summed E-state index contributed by atoms with van der Waals surface area (Å²) in [6.07, 6.45) is 15.6. The van der Waals surface area contributed by atoms with E-state index in [0.29, 0.717) is 119 Å². The van der Waals surface area contributed by atoms with Crippen molar-refractivity contribution in [1.82, 2.24) is 60.9 Å². The Morgan fingerprint density at radius 2 is 1.23 bits per heavy atom. The lowest BCUT2D eigenvalue weighted by Crippen LogP contribution is -2.58. The molecule has 6 fully saturated rings. The van der Waals surface area contributed by atoms with Gasteiger partial charge < -0.3 is 86.3 Å². The van der Waals surface area contributed by atoms with Gasteiger partial charge in [-0.3, -0.25) is 24.0 Å². The molecule has 4 saturated carbocycles. The number of unbranched alkanes of at least 4 members (excludes halogenated alkanes) is 4. The molecule has 4 aromatic carbocycles. The Morgan fingerprint density at radius 3 is 1.84 bits per heavy atom. The number of thiazole rings is 2. The van der Waals surface area contributed by atoms with Crippen LogP contribution in [0.15, 0.2) is 143 Å². The first kappa shape index (κ1) is 99.0. The topological polar surface area (TPSA) is 468 Å². The minimum absolute atomic E-state index is 0.000919. The molecule has 39 heteroatoms. The van der Waals surface area contributed by atoms with E-state index in [9.17, 15) is 60.3 Å². The molecule has 35 nitrogen and oxygen atoms in total. The largest absolute Gasteiger partial charge is 0.497 e. The minimum atomic E-state index is -4.41. The van der Waals surface area contributed by atoms with Gasteiger partial charge in [0.25, 0.3) is 31.9 Å². The predicted octanol–water partition coefficient (Wildman–Crippen LogP) is 13.6. The van der Waals surface area contributed by atoms with Crippen LogP contribution in [-0.4, -0.2) is 207 Å². The molecule has 7 heterocycles. The smallest absolute Gasteiger partial charge is 0.408 e. The quantitative estimate of drug-likeness (QED) is 0.0134. The summed E-state index contributed by atoms with van der Waals surface area (Å²) >= 11 is 2.93. The molecule has 1 spiro atoms. The Labute approximate surface area is 794 Å². The highest BCUT2D eigenvalue weighted by Gasteiger charge is 2.63. The van der Waals surface area contributed by atoms with Crippen LogP contribution >= 0.6 is 22.7 Å². The second-order valence-electron chi connectivity index (χ2n) is 36.1. The molecule has 4 aromatic heterocycles. The Hall–Kier alpha value is -11.9. The SMILES string of the molecule is C=C[C@@H]1C[C@@]12NC(=O)[C@@H]1C[C@@H](Oc3cc(-c4csc(NC(C)C)n4)nc4cc(OC)ccc34)CN1C(=O)[C@@H](NC(=O)OC1CCCC1)CCCCCCCNc1ccccc1S(=O)(=O)NC2=O.C=C[C@@H]1C[C@]1(NC(=O)[C@@H]1C[C@@H](Oc2cc(-c3csc(NC(C)C)n3)nc3cc(OC)ccc23)CN1)C(=O)NS(=O)(=O)c1ccccc1NCCCCCCC[C@H](NC(=O)OC1CCCC1)C(=O)O. The van der Waals surface area contributed by atoms with E-state index in [4.69, 9.17) is 48.4 Å². The van der Waals surface area contributed by atoms with Crippen LogP contribution in [0.4, 0.5) is 31.2 Å². The standard InChI is InChI=1S/C48H62N8O10S2.C48H60N8O9S2/c1-5-30-26-48(30,55-43(57)39-24-33(27-50-39)65-41-25-38(40-28-67-46(53-40)51-29(2)3)52-37-23-32(64-4)20-21-34(37)41)45(60)56-68(62,63)42-19-13-12-17-35(42)49-22-14-8-6-7-9-18-36(44(58)59)54-47(61)66-31-15-10-11-16-31;1-5-30-26-48(30)45(59)55-67(61,62)42-19-13-12-17-35(42)49-22-14-8-6-7-9-18-36(53-47(60)65-31-15-10-11-16-31)44(58)56-27-33(24-40(56)43(57)54-48)64-41-25-38(39-28-66-46(52-39)50-29(2)3)51-37-23-32(63-4)20-21-34(37)41/h5,12-13,17,19-21,23,25,28-31,33,36,39,49-50H,1,6-11,14-16,18,22,24,26-27H2,2-4H3,(H,51,53)(H,54,61)(H,55,57)(H,56,60)(H,58,59);5,12-13,17,19-21,23,25,28-31,33,36,40,49H,1,6-11,14-16,18,22,24,26-27H2,2-4H3,(H,50,52)(H,53,60)(H,54,57)(H,55,59)/t30-,33-,36+,39+,48-;30-,33-,36+,40+,48-/m11/s1. The summed E-state index contributed by atoms with van der Waals surface area (Å²) in [4.78, 5) is 130. The number of sulfonamides is 2. The summed E-state index contributed by atoms with van der Waals surface area (Å²) in [6.45, 7) is 17.0. The molecule has 12 N–H and O–H groups in total. The fourth-order valence-electron chi connectivity index (χ4n) is 17.9. The average Bonchev–Trinajstić information content (AvgIpc) is 1.59.